The lowest BCUT2D eigenvalue weighted by Crippen LogP contribution is -2.52. The number of nitrogens with zero attached hydrogens (tertiary/aromatic N) is 3. The van der Waals surface area contributed by atoms with Gasteiger partial charge in [0.1, 0.15) is 11.8 Å². The molecule has 37 heavy (non-hydrogen) atoms. The quantitative estimate of drug-likeness (QED) is 0.565. The Labute approximate surface area is 215 Å². The van der Waals surface area contributed by atoms with Gasteiger partial charge in [-0.25, -0.2) is 0 Å². The number of nitrogens with one attached hydrogen (secondary N) is 1. The highest BCUT2D eigenvalue weighted by atomic mass is 16.5. The van der Waals surface area contributed by atoms with Crippen LogP contribution < -0.4 is 20.7 Å². The molecule has 194 valence electrons. The fraction of sp³-hybridized carbons (Fsp3) is 0.407. The number of fused-ring (bicyclic) bond motifs is 1. The fourth-order valence-corrected chi connectivity index (χ4v) is 5.10. The Morgan fingerprint density at radius 1 is 1.11 bits per heavy atom. The van der Waals surface area contributed by atoms with Crippen LogP contribution >= 0.6 is 0 Å². The number of ether oxygens (including phenoxy) is 1. The third-order valence-electron chi connectivity index (χ3n) is 7.25. The summed E-state index contributed by atoms with van der Waals surface area (Å²) in [5.74, 6) is -0.333. The highest BCUT2D eigenvalue weighted by Crippen LogP contribution is 2.31. The molecule has 0 radical (unpaired) electrons. The minimum absolute atomic E-state index is 0.0282. The molecule has 3 aliphatic rings. The summed E-state index contributed by atoms with van der Waals surface area (Å²) in [6.45, 7) is 4.68. The van der Waals surface area contributed by atoms with Gasteiger partial charge in [-0.1, -0.05) is 12.1 Å². The number of benzene rings is 2. The van der Waals surface area contributed by atoms with E-state index in [1.54, 1.807) is 15.9 Å². The molecule has 2 atom stereocenters. The normalized spacial score (nSPS) is 20.5. The zero-order chi connectivity index (χ0) is 26.1. The molecule has 0 aliphatic carbocycles. The van der Waals surface area contributed by atoms with Crippen LogP contribution in [0.25, 0.3) is 0 Å². The Morgan fingerprint density at radius 3 is 2.62 bits per heavy atom. The second-order valence-corrected chi connectivity index (χ2v) is 9.76. The van der Waals surface area contributed by atoms with Crippen molar-refractivity contribution in [3.63, 3.8) is 0 Å². The summed E-state index contributed by atoms with van der Waals surface area (Å²) < 4.78 is 5.71. The summed E-state index contributed by atoms with van der Waals surface area (Å²) in [5.41, 5.74) is 9.31. The molecule has 2 aromatic rings. The molecular formula is C27H31N5O5. The molecule has 3 heterocycles. The highest BCUT2D eigenvalue weighted by molar-refractivity contribution is 6.05. The van der Waals surface area contributed by atoms with Gasteiger partial charge in [-0.2, -0.15) is 0 Å². The molecule has 3 aliphatic heterocycles. The lowest BCUT2D eigenvalue weighted by molar-refractivity contribution is -0.137. The van der Waals surface area contributed by atoms with Crippen molar-refractivity contribution in [2.75, 3.05) is 37.7 Å². The zero-order valence-electron chi connectivity index (χ0n) is 20.8. The minimum atomic E-state index is -0.626. The maximum absolute atomic E-state index is 12.9. The van der Waals surface area contributed by atoms with Gasteiger partial charge in [0.2, 0.25) is 11.8 Å². The first-order chi connectivity index (χ1) is 17.8. The van der Waals surface area contributed by atoms with E-state index in [1.165, 1.54) is 0 Å². The number of piperidine rings is 1. The Kier molecular flexibility index (Phi) is 6.84. The van der Waals surface area contributed by atoms with E-state index in [0.29, 0.717) is 50.5 Å². The maximum atomic E-state index is 12.9. The van der Waals surface area contributed by atoms with Crippen LogP contribution in [0.2, 0.25) is 0 Å². The Balaban J connectivity index is 1.16. The topological polar surface area (TPSA) is 125 Å². The van der Waals surface area contributed by atoms with Crippen molar-refractivity contribution in [3.05, 3.63) is 59.2 Å². The summed E-state index contributed by atoms with van der Waals surface area (Å²) in [6.07, 6.45) is 0.573. The van der Waals surface area contributed by atoms with Crippen LogP contribution in [-0.4, -0.2) is 72.3 Å². The molecule has 0 saturated carbocycles. The van der Waals surface area contributed by atoms with E-state index in [1.807, 2.05) is 43.3 Å². The first kappa shape index (κ1) is 24.8. The van der Waals surface area contributed by atoms with Gasteiger partial charge in [-0.05, 0) is 54.8 Å². The molecule has 1 unspecified atom stereocenters. The number of carbonyl (C=O) groups is 4. The molecule has 3 N–H and O–H groups in total. The number of piperazine rings is 1. The summed E-state index contributed by atoms with van der Waals surface area (Å²) in [6, 6.07) is 12.4. The molecular weight excluding hydrogens is 474 g/mol. The standard InChI is InChI=1S/C27H31N5O5/c1-17(28)18-3-2-4-21(14-18)37-16-25(34)31-11-9-30(10-12-31)20-5-6-22-19(13-20)15-32(27(22)36)23-7-8-24(33)29-26(23)35/h2-6,13-14,17,23H,7-12,15-16,28H2,1H3,(H,29,33,35)/t17-,23?/m1/s1. The molecule has 2 saturated heterocycles. The molecule has 5 rings (SSSR count). The smallest absolute Gasteiger partial charge is 0.260 e. The third-order valence-corrected chi connectivity index (χ3v) is 7.25. The minimum Gasteiger partial charge on any atom is -0.484 e. The summed E-state index contributed by atoms with van der Waals surface area (Å²) in [5, 5.41) is 2.33. The molecule has 0 bridgehead atoms. The molecule has 0 aromatic heterocycles. The van der Waals surface area contributed by atoms with Crippen molar-refractivity contribution >= 4 is 29.3 Å². The lowest BCUT2D eigenvalue weighted by atomic mass is 10.0. The van der Waals surface area contributed by atoms with Crippen molar-refractivity contribution < 1.29 is 23.9 Å². The van der Waals surface area contributed by atoms with Crippen LogP contribution in [0, 0.1) is 0 Å². The van der Waals surface area contributed by atoms with E-state index in [9.17, 15) is 19.2 Å². The van der Waals surface area contributed by atoms with E-state index in [4.69, 9.17) is 10.5 Å². The van der Waals surface area contributed by atoms with Crippen molar-refractivity contribution in [1.82, 2.24) is 15.1 Å². The summed E-state index contributed by atoms with van der Waals surface area (Å²) in [7, 11) is 0. The maximum Gasteiger partial charge on any atom is 0.260 e. The summed E-state index contributed by atoms with van der Waals surface area (Å²) in [4.78, 5) is 54.9. The van der Waals surface area contributed by atoms with Gasteiger partial charge in [-0.15, -0.1) is 0 Å². The second kappa shape index (κ2) is 10.2. The average molecular weight is 506 g/mol. The number of hydrogen-bond donors (Lipinski definition) is 2. The largest absolute Gasteiger partial charge is 0.484 e. The van der Waals surface area contributed by atoms with Crippen LogP contribution in [0.15, 0.2) is 42.5 Å². The first-order valence-electron chi connectivity index (χ1n) is 12.6. The Morgan fingerprint density at radius 2 is 1.89 bits per heavy atom. The SMILES string of the molecule is C[C@@H](N)c1cccc(OCC(=O)N2CCN(c3ccc4c(c3)CN(C3CCC(=O)NC3=O)C4=O)CC2)c1. The number of amides is 4. The van der Waals surface area contributed by atoms with Gasteiger partial charge in [0.25, 0.3) is 11.8 Å². The van der Waals surface area contributed by atoms with Crippen LogP contribution in [0.3, 0.4) is 0 Å². The van der Waals surface area contributed by atoms with E-state index < -0.39 is 11.9 Å². The zero-order valence-corrected chi connectivity index (χ0v) is 20.8. The highest BCUT2D eigenvalue weighted by Gasteiger charge is 2.39. The molecule has 10 nitrogen and oxygen atoms in total. The van der Waals surface area contributed by atoms with Gasteiger partial charge in [0.15, 0.2) is 6.61 Å². The van der Waals surface area contributed by atoms with E-state index >= 15 is 0 Å². The predicted octanol–water partition coefficient (Wildman–Crippen LogP) is 1.19. The Bertz CT molecular complexity index is 1240. The van der Waals surface area contributed by atoms with Crippen molar-refractivity contribution in [1.29, 1.82) is 0 Å². The number of carbonyl (C=O) groups excluding carboxylic acids is 4. The Hall–Kier alpha value is -3.92. The number of rotatable bonds is 6. The third kappa shape index (κ3) is 5.15. The van der Waals surface area contributed by atoms with E-state index in [-0.39, 0.29) is 36.8 Å². The molecule has 10 heteroatoms. The molecule has 2 fully saturated rings. The molecule has 4 amide bonds. The number of hydrogen-bond acceptors (Lipinski definition) is 7. The van der Waals surface area contributed by atoms with Gasteiger partial charge in [-0.3, -0.25) is 24.5 Å². The van der Waals surface area contributed by atoms with Gasteiger partial charge < -0.3 is 25.2 Å². The average Bonchev–Trinajstić information content (AvgIpc) is 3.22. The lowest BCUT2D eigenvalue weighted by Gasteiger charge is -2.36. The van der Waals surface area contributed by atoms with E-state index in [2.05, 4.69) is 10.2 Å². The van der Waals surface area contributed by atoms with Crippen molar-refractivity contribution in [2.45, 2.75) is 38.4 Å². The van der Waals surface area contributed by atoms with Gasteiger partial charge >= 0.3 is 0 Å². The van der Waals surface area contributed by atoms with Gasteiger partial charge in [0, 0.05) is 56.4 Å². The molecule has 2 aromatic carbocycles. The molecule has 0 spiro atoms. The van der Waals surface area contributed by atoms with Crippen molar-refractivity contribution in [2.24, 2.45) is 5.73 Å². The van der Waals surface area contributed by atoms with Crippen molar-refractivity contribution in [3.8, 4) is 5.75 Å². The number of anilines is 1. The van der Waals surface area contributed by atoms with Crippen LogP contribution in [0.4, 0.5) is 5.69 Å². The van der Waals surface area contributed by atoms with Gasteiger partial charge in [0.05, 0.1) is 0 Å². The summed E-state index contributed by atoms with van der Waals surface area (Å²) >= 11 is 0. The predicted molar refractivity (Wildman–Crippen MR) is 136 cm³/mol. The van der Waals surface area contributed by atoms with E-state index in [0.717, 1.165) is 16.8 Å². The fourth-order valence-electron chi connectivity index (χ4n) is 5.10. The van der Waals surface area contributed by atoms with Crippen LogP contribution in [0.5, 0.6) is 5.75 Å². The van der Waals surface area contributed by atoms with Crippen LogP contribution in [0.1, 0.15) is 47.3 Å². The van der Waals surface area contributed by atoms with Crippen LogP contribution in [-0.2, 0) is 20.9 Å². The number of nitrogens with two attached hydrogens (primary N) is 1. The first-order valence-corrected chi connectivity index (χ1v) is 12.6. The number of imide groups is 1. The second-order valence-electron chi connectivity index (χ2n) is 9.76. The monoisotopic (exact) mass is 505 g/mol.